The average Bonchev–Trinajstić information content (AvgIpc) is 2.96. The minimum Gasteiger partial charge on any atom is -0.392 e. The normalized spacial score (nSPS) is 10.8. The molecule has 0 atom stereocenters. The second-order valence-corrected chi connectivity index (χ2v) is 5.83. The van der Waals surface area contributed by atoms with Gasteiger partial charge in [-0.05, 0) is 33.1 Å². The first-order valence-corrected chi connectivity index (χ1v) is 7.56. The van der Waals surface area contributed by atoms with Gasteiger partial charge in [0.25, 0.3) is 5.91 Å². The van der Waals surface area contributed by atoms with E-state index in [1.807, 2.05) is 30.3 Å². The van der Waals surface area contributed by atoms with Crippen molar-refractivity contribution in [1.82, 2.24) is 15.3 Å². The fourth-order valence-corrected chi connectivity index (χ4v) is 2.61. The molecule has 2 aromatic heterocycles. The molecule has 0 saturated heterocycles. The molecule has 0 radical (unpaired) electrons. The number of pyridine rings is 1. The van der Waals surface area contributed by atoms with Crippen molar-refractivity contribution in [1.29, 1.82) is 0 Å². The number of aromatic amines is 1. The van der Waals surface area contributed by atoms with Crippen LogP contribution in [-0.4, -0.2) is 21.0 Å². The Morgan fingerprint density at radius 1 is 1.32 bits per heavy atom. The molecule has 0 aliphatic heterocycles. The van der Waals surface area contributed by atoms with Crippen molar-refractivity contribution in [3.05, 3.63) is 63.9 Å². The fraction of sp³-hybridized carbons (Fsp3) is 0.125. The topological polar surface area (TPSA) is 78.0 Å². The van der Waals surface area contributed by atoms with Gasteiger partial charge in [0.15, 0.2) is 0 Å². The molecule has 2 heterocycles. The summed E-state index contributed by atoms with van der Waals surface area (Å²) in [4.78, 5) is 19.5. The van der Waals surface area contributed by atoms with Gasteiger partial charge in [-0.3, -0.25) is 4.79 Å². The standard InChI is InChI=1S/C16H14BrN3O2/c17-12-5-13-14(8-19-15(13)18-7-12)16(22)20-6-10-2-1-3-11(4-10)9-21/h1-5,7-8,21H,6,9H2,(H,18,19)(H,20,22). The Hall–Kier alpha value is -2.18. The second kappa shape index (κ2) is 6.29. The Bertz CT molecular complexity index is 829. The van der Waals surface area contributed by atoms with Crippen LogP contribution in [0.25, 0.3) is 11.0 Å². The number of aromatic nitrogens is 2. The zero-order valence-corrected chi connectivity index (χ0v) is 13.2. The maximum absolute atomic E-state index is 12.3. The number of halogens is 1. The van der Waals surface area contributed by atoms with Gasteiger partial charge in [-0.2, -0.15) is 0 Å². The molecule has 3 rings (SSSR count). The van der Waals surface area contributed by atoms with E-state index in [9.17, 15) is 4.79 Å². The van der Waals surface area contributed by atoms with E-state index in [4.69, 9.17) is 5.11 Å². The lowest BCUT2D eigenvalue weighted by Crippen LogP contribution is -2.22. The number of fused-ring (bicyclic) bond motifs is 1. The van der Waals surface area contributed by atoms with Gasteiger partial charge in [0, 0.05) is 28.8 Å². The van der Waals surface area contributed by atoms with Crippen molar-refractivity contribution < 1.29 is 9.90 Å². The molecule has 0 aliphatic rings. The predicted molar refractivity (Wildman–Crippen MR) is 87.3 cm³/mol. The van der Waals surface area contributed by atoms with Crippen LogP contribution in [0.3, 0.4) is 0 Å². The lowest BCUT2D eigenvalue weighted by atomic mass is 10.1. The number of rotatable bonds is 4. The van der Waals surface area contributed by atoms with Crippen LogP contribution in [-0.2, 0) is 13.2 Å². The summed E-state index contributed by atoms with van der Waals surface area (Å²) in [6, 6.07) is 9.34. The summed E-state index contributed by atoms with van der Waals surface area (Å²) in [6.45, 7) is 0.394. The van der Waals surface area contributed by atoms with Crippen molar-refractivity contribution >= 4 is 32.9 Å². The molecular formula is C16H14BrN3O2. The SMILES string of the molecule is O=C(NCc1cccc(CO)c1)c1c[nH]c2ncc(Br)cc12. The van der Waals surface area contributed by atoms with Crippen LogP contribution in [0.1, 0.15) is 21.5 Å². The van der Waals surface area contributed by atoms with Crippen molar-refractivity contribution in [3.8, 4) is 0 Å². The van der Waals surface area contributed by atoms with E-state index in [-0.39, 0.29) is 12.5 Å². The fourth-order valence-electron chi connectivity index (χ4n) is 2.28. The number of benzene rings is 1. The van der Waals surface area contributed by atoms with Crippen LogP contribution in [0.5, 0.6) is 0 Å². The summed E-state index contributed by atoms with van der Waals surface area (Å²) in [6.07, 6.45) is 3.34. The third-order valence-corrected chi connectivity index (χ3v) is 3.80. The largest absolute Gasteiger partial charge is 0.392 e. The summed E-state index contributed by atoms with van der Waals surface area (Å²) in [7, 11) is 0. The van der Waals surface area contributed by atoms with Gasteiger partial charge in [0.2, 0.25) is 0 Å². The Labute approximate surface area is 135 Å². The number of aliphatic hydroxyl groups excluding tert-OH is 1. The number of carbonyl (C=O) groups is 1. The molecule has 3 aromatic rings. The lowest BCUT2D eigenvalue weighted by Gasteiger charge is -2.06. The first kappa shape index (κ1) is 14.7. The molecule has 1 aromatic carbocycles. The van der Waals surface area contributed by atoms with E-state index in [1.54, 1.807) is 12.4 Å². The van der Waals surface area contributed by atoms with Crippen molar-refractivity contribution in [2.75, 3.05) is 0 Å². The van der Waals surface area contributed by atoms with Crippen molar-refractivity contribution in [3.63, 3.8) is 0 Å². The quantitative estimate of drug-likeness (QED) is 0.670. The number of hydrogen-bond acceptors (Lipinski definition) is 3. The van der Waals surface area contributed by atoms with Crippen LogP contribution in [0.2, 0.25) is 0 Å². The first-order chi connectivity index (χ1) is 10.7. The molecule has 5 nitrogen and oxygen atoms in total. The summed E-state index contributed by atoms with van der Waals surface area (Å²) < 4.78 is 0.823. The number of aliphatic hydroxyl groups is 1. The number of nitrogens with zero attached hydrogens (tertiary/aromatic N) is 1. The van der Waals surface area contributed by atoms with Gasteiger partial charge >= 0.3 is 0 Å². The molecule has 3 N–H and O–H groups in total. The van der Waals surface area contributed by atoms with Crippen LogP contribution in [0, 0.1) is 0 Å². The summed E-state index contributed by atoms with van der Waals surface area (Å²) in [5, 5.41) is 12.8. The van der Waals surface area contributed by atoms with Gasteiger partial charge in [0.05, 0.1) is 12.2 Å². The summed E-state index contributed by atoms with van der Waals surface area (Å²) >= 11 is 3.36. The first-order valence-electron chi connectivity index (χ1n) is 6.77. The van der Waals surface area contributed by atoms with Gasteiger partial charge < -0.3 is 15.4 Å². The molecular weight excluding hydrogens is 346 g/mol. The maximum Gasteiger partial charge on any atom is 0.253 e. The van der Waals surface area contributed by atoms with Crippen LogP contribution < -0.4 is 5.32 Å². The highest BCUT2D eigenvalue weighted by Gasteiger charge is 2.12. The zero-order chi connectivity index (χ0) is 15.5. The summed E-state index contributed by atoms with van der Waals surface area (Å²) in [5.74, 6) is -0.166. The van der Waals surface area contributed by atoms with Crippen molar-refractivity contribution in [2.24, 2.45) is 0 Å². The maximum atomic E-state index is 12.3. The van der Waals surface area contributed by atoms with Crippen molar-refractivity contribution in [2.45, 2.75) is 13.2 Å². The minimum absolute atomic E-state index is 0.00999. The minimum atomic E-state index is -0.166. The molecule has 1 amide bonds. The lowest BCUT2D eigenvalue weighted by molar-refractivity contribution is 0.0952. The molecule has 0 bridgehead atoms. The van der Waals surface area contributed by atoms with E-state index in [0.717, 1.165) is 21.0 Å². The van der Waals surface area contributed by atoms with E-state index >= 15 is 0 Å². The average molecular weight is 360 g/mol. The smallest absolute Gasteiger partial charge is 0.253 e. The third-order valence-electron chi connectivity index (χ3n) is 3.37. The number of nitrogens with one attached hydrogen (secondary N) is 2. The number of H-pyrrole nitrogens is 1. The Morgan fingerprint density at radius 2 is 2.14 bits per heavy atom. The number of amides is 1. The highest BCUT2D eigenvalue weighted by Crippen LogP contribution is 2.20. The highest BCUT2D eigenvalue weighted by molar-refractivity contribution is 9.10. The van der Waals surface area contributed by atoms with E-state index in [2.05, 4.69) is 31.2 Å². The highest BCUT2D eigenvalue weighted by atomic mass is 79.9. The zero-order valence-electron chi connectivity index (χ0n) is 11.6. The van der Waals surface area contributed by atoms with Gasteiger partial charge in [0.1, 0.15) is 5.65 Å². The van der Waals surface area contributed by atoms with Gasteiger partial charge in [-0.1, -0.05) is 24.3 Å². The Balaban J connectivity index is 1.77. The van der Waals surface area contributed by atoms with Crippen LogP contribution in [0.4, 0.5) is 0 Å². The molecule has 0 saturated carbocycles. The van der Waals surface area contributed by atoms with E-state index in [1.165, 1.54) is 0 Å². The monoisotopic (exact) mass is 359 g/mol. The van der Waals surface area contributed by atoms with E-state index < -0.39 is 0 Å². The summed E-state index contributed by atoms with van der Waals surface area (Å²) in [5.41, 5.74) is 3.00. The molecule has 0 unspecified atom stereocenters. The molecule has 0 fully saturated rings. The number of hydrogen-bond donors (Lipinski definition) is 3. The predicted octanol–water partition coefficient (Wildman–Crippen LogP) is 2.75. The second-order valence-electron chi connectivity index (χ2n) is 4.91. The van der Waals surface area contributed by atoms with Crippen LogP contribution in [0.15, 0.2) is 47.2 Å². The third kappa shape index (κ3) is 3.03. The Kier molecular flexibility index (Phi) is 4.22. The molecule has 22 heavy (non-hydrogen) atoms. The Morgan fingerprint density at radius 3 is 2.95 bits per heavy atom. The molecule has 112 valence electrons. The molecule has 0 aliphatic carbocycles. The van der Waals surface area contributed by atoms with Crippen LogP contribution >= 0.6 is 15.9 Å². The number of carbonyl (C=O) groups excluding carboxylic acids is 1. The molecule has 6 heteroatoms. The van der Waals surface area contributed by atoms with Gasteiger partial charge in [-0.15, -0.1) is 0 Å². The molecule has 0 spiro atoms. The van der Waals surface area contributed by atoms with Gasteiger partial charge in [-0.25, -0.2) is 4.98 Å². The van der Waals surface area contributed by atoms with E-state index in [0.29, 0.717) is 17.8 Å².